The van der Waals surface area contributed by atoms with E-state index in [2.05, 4.69) is 122 Å². The van der Waals surface area contributed by atoms with Crippen molar-refractivity contribution < 1.29 is 14.0 Å². The number of hydrogen-bond acceptors (Lipinski definition) is 6. The number of anilines is 1. The molecule has 0 spiro atoms. The van der Waals surface area contributed by atoms with Crippen LogP contribution in [0.5, 0.6) is 0 Å². The maximum absolute atomic E-state index is 12.5. The third-order valence-electron chi connectivity index (χ3n) is 8.82. The molecule has 1 aromatic heterocycles. The van der Waals surface area contributed by atoms with Crippen LogP contribution in [0.1, 0.15) is 65.6 Å². The van der Waals surface area contributed by atoms with E-state index in [0.29, 0.717) is 12.5 Å². The molecule has 0 aliphatic carbocycles. The highest BCUT2D eigenvalue weighted by Crippen LogP contribution is 2.38. The molecular weight excluding hydrogens is 607 g/mol. The molecule has 1 aliphatic heterocycles. The van der Waals surface area contributed by atoms with Crippen LogP contribution >= 0.6 is 11.3 Å². The van der Waals surface area contributed by atoms with Gasteiger partial charge < -0.3 is 19.4 Å². The summed E-state index contributed by atoms with van der Waals surface area (Å²) in [7, 11) is -2.58. The zero-order valence-electron chi connectivity index (χ0n) is 28.4. The van der Waals surface area contributed by atoms with Crippen LogP contribution in [0.3, 0.4) is 0 Å². The number of aryl methyl sites for hydroxylation is 1. The minimum Gasteiger partial charge on any atom is -0.444 e. The minimum atomic E-state index is -2.58. The van der Waals surface area contributed by atoms with E-state index >= 15 is 0 Å². The Morgan fingerprint density at radius 2 is 1.54 bits per heavy atom. The zero-order chi connectivity index (χ0) is 33.0. The largest absolute Gasteiger partial charge is 0.444 e. The fourth-order valence-electron chi connectivity index (χ4n) is 6.55. The monoisotopic (exact) mass is 655 g/mol. The molecule has 0 atom stereocenters. The second-order valence-electron chi connectivity index (χ2n) is 14.4. The summed E-state index contributed by atoms with van der Waals surface area (Å²) in [5, 5.41) is 5.58. The quantitative estimate of drug-likeness (QED) is 0.186. The fraction of sp³-hybridized carbons (Fsp3) is 0.421. The molecule has 2 heterocycles. The van der Waals surface area contributed by atoms with Gasteiger partial charge in [-0.3, -0.25) is 0 Å². The van der Waals surface area contributed by atoms with Crippen LogP contribution in [0, 0.1) is 12.8 Å². The Morgan fingerprint density at radius 1 is 0.935 bits per heavy atom. The van der Waals surface area contributed by atoms with E-state index < -0.39 is 20.0 Å². The molecular formula is C38H49N3O3SSi. The first kappa shape index (κ1) is 33.9. The average Bonchev–Trinajstić information content (AvgIpc) is 3.46. The van der Waals surface area contributed by atoms with Gasteiger partial charge >= 0.3 is 6.09 Å². The van der Waals surface area contributed by atoms with E-state index in [1.165, 1.54) is 15.3 Å². The molecule has 0 radical (unpaired) electrons. The first-order chi connectivity index (χ1) is 21.9. The summed E-state index contributed by atoms with van der Waals surface area (Å²) in [4.78, 5) is 20.7. The third-order valence-corrected chi connectivity index (χ3v) is 14.8. The normalized spacial score (nSPS) is 14.7. The topological polar surface area (TPSA) is 63.7 Å². The van der Waals surface area contributed by atoms with Crippen molar-refractivity contribution in [1.29, 1.82) is 0 Å². The number of alkyl carbamates (subject to hydrolysis) is 1. The highest BCUT2D eigenvalue weighted by Gasteiger charge is 2.50. The number of thiazole rings is 1. The second kappa shape index (κ2) is 14.1. The lowest BCUT2D eigenvalue weighted by Crippen LogP contribution is -2.67. The van der Waals surface area contributed by atoms with Gasteiger partial charge in [-0.15, -0.1) is 11.3 Å². The smallest absolute Gasteiger partial charge is 0.407 e. The van der Waals surface area contributed by atoms with Gasteiger partial charge in [0, 0.05) is 31.9 Å². The number of ether oxygens (including phenoxy) is 1. The van der Waals surface area contributed by atoms with Gasteiger partial charge in [0.1, 0.15) is 5.60 Å². The van der Waals surface area contributed by atoms with Gasteiger partial charge in [0.2, 0.25) is 0 Å². The number of hydrogen-bond donors (Lipinski definition) is 1. The Kier molecular flexibility index (Phi) is 10.4. The number of piperidine rings is 1. The Balaban J connectivity index is 1.35. The molecule has 244 valence electrons. The average molecular weight is 656 g/mol. The number of carbonyl (C=O) groups is 1. The van der Waals surface area contributed by atoms with Gasteiger partial charge in [0.05, 0.1) is 16.1 Å². The van der Waals surface area contributed by atoms with E-state index in [9.17, 15) is 4.79 Å². The number of nitrogens with zero attached hydrogens (tertiary/aromatic N) is 2. The first-order valence-corrected chi connectivity index (χ1v) is 19.2. The third kappa shape index (κ3) is 7.73. The summed E-state index contributed by atoms with van der Waals surface area (Å²) in [6.07, 6.45) is 1.68. The highest BCUT2D eigenvalue weighted by molar-refractivity contribution is 7.13. The predicted octanol–water partition coefficient (Wildman–Crippen LogP) is 7.94. The summed E-state index contributed by atoms with van der Waals surface area (Å²) in [5.41, 5.74) is 5.80. The molecule has 0 saturated carbocycles. The van der Waals surface area contributed by atoms with Gasteiger partial charge in [-0.25, -0.2) is 9.78 Å². The molecule has 0 bridgehead atoms. The molecule has 0 unspecified atom stereocenters. The fourth-order valence-corrected chi connectivity index (χ4v) is 12.0. The SMILES string of the molecule is Cc1ncsc1-c1ccc(CNC(=O)OC(C)(C)C)c(N2CCC(CO[Si](c3ccccc3)(c3ccccc3)C(C)(C)C)CC2)c1. The van der Waals surface area contributed by atoms with Crippen LogP contribution in [0.2, 0.25) is 5.04 Å². The Hall–Kier alpha value is -3.46. The van der Waals surface area contributed by atoms with Gasteiger partial charge in [0.15, 0.2) is 0 Å². The van der Waals surface area contributed by atoms with E-state index in [1.54, 1.807) is 11.3 Å². The summed E-state index contributed by atoms with van der Waals surface area (Å²) in [6.45, 7) is 17.7. The first-order valence-electron chi connectivity index (χ1n) is 16.4. The Morgan fingerprint density at radius 3 is 2.07 bits per heavy atom. The molecule has 1 saturated heterocycles. The molecule has 1 amide bonds. The van der Waals surface area contributed by atoms with Crippen molar-refractivity contribution in [2.45, 2.75) is 78.5 Å². The number of amides is 1. The van der Waals surface area contributed by atoms with Crippen LogP contribution < -0.4 is 20.6 Å². The van der Waals surface area contributed by atoms with E-state index in [0.717, 1.165) is 55.0 Å². The van der Waals surface area contributed by atoms with Crippen LogP contribution in [0.25, 0.3) is 10.4 Å². The second-order valence-corrected chi connectivity index (χ2v) is 19.5. The summed E-state index contributed by atoms with van der Waals surface area (Å²) < 4.78 is 12.8. The van der Waals surface area contributed by atoms with Gasteiger partial charge in [-0.05, 0) is 79.1 Å². The molecule has 4 aromatic rings. The lowest BCUT2D eigenvalue weighted by molar-refractivity contribution is 0.0523. The number of aromatic nitrogens is 1. The lowest BCUT2D eigenvalue weighted by Gasteiger charge is -2.44. The minimum absolute atomic E-state index is 0.0400. The van der Waals surface area contributed by atoms with Gasteiger partial charge in [0.25, 0.3) is 8.32 Å². The molecule has 1 aliphatic rings. The van der Waals surface area contributed by atoms with Crippen molar-refractivity contribution in [3.8, 4) is 10.4 Å². The maximum Gasteiger partial charge on any atom is 0.407 e. The Bertz CT molecular complexity index is 1550. The molecule has 3 aromatic carbocycles. The molecule has 8 heteroatoms. The van der Waals surface area contributed by atoms with Crippen LogP contribution in [-0.4, -0.2) is 44.7 Å². The Labute approximate surface area is 280 Å². The van der Waals surface area contributed by atoms with Crippen LogP contribution in [0.4, 0.5) is 10.5 Å². The van der Waals surface area contributed by atoms with E-state index in [4.69, 9.17) is 9.16 Å². The summed E-state index contributed by atoms with van der Waals surface area (Å²) >= 11 is 1.66. The van der Waals surface area contributed by atoms with Gasteiger partial charge in [-0.1, -0.05) is 93.6 Å². The van der Waals surface area contributed by atoms with Crippen molar-refractivity contribution in [3.05, 3.63) is 95.6 Å². The molecule has 6 nitrogen and oxygen atoms in total. The van der Waals surface area contributed by atoms with Gasteiger partial charge in [-0.2, -0.15) is 0 Å². The summed E-state index contributed by atoms with van der Waals surface area (Å²) in [6, 6.07) is 28.4. The number of rotatable bonds is 9. The van der Waals surface area contributed by atoms with E-state index in [-0.39, 0.29) is 5.04 Å². The van der Waals surface area contributed by atoms with Crippen LogP contribution in [-0.2, 0) is 15.7 Å². The van der Waals surface area contributed by atoms with Crippen molar-refractivity contribution in [2.24, 2.45) is 5.92 Å². The zero-order valence-corrected chi connectivity index (χ0v) is 30.2. The van der Waals surface area contributed by atoms with Crippen molar-refractivity contribution in [3.63, 3.8) is 0 Å². The van der Waals surface area contributed by atoms with E-state index in [1.807, 2.05) is 26.3 Å². The highest BCUT2D eigenvalue weighted by atomic mass is 32.1. The molecule has 1 fully saturated rings. The number of benzene rings is 3. The standard InChI is InChI=1S/C38H49N3O3SSi/c1-28-35(45-27-40-28)30-18-19-31(25-39-36(42)44-37(2,3)4)34(24-30)41-22-20-29(21-23-41)26-43-46(38(5,6)7,32-14-10-8-11-15-32)33-16-12-9-13-17-33/h8-19,24,27,29H,20-23,25-26H2,1-7H3,(H,39,42). The number of carbonyl (C=O) groups excluding carboxylic acids is 1. The lowest BCUT2D eigenvalue weighted by atomic mass is 9.96. The molecule has 46 heavy (non-hydrogen) atoms. The van der Waals surface area contributed by atoms with Crippen molar-refractivity contribution in [1.82, 2.24) is 10.3 Å². The maximum atomic E-state index is 12.5. The predicted molar refractivity (Wildman–Crippen MR) is 194 cm³/mol. The van der Waals surface area contributed by atoms with Crippen molar-refractivity contribution >= 4 is 41.8 Å². The van der Waals surface area contributed by atoms with Crippen molar-refractivity contribution in [2.75, 3.05) is 24.6 Å². The molecule has 5 rings (SSSR count). The van der Waals surface area contributed by atoms with Crippen LogP contribution in [0.15, 0.2) is 84.4 Å². The molecule has 1 N–H and O–H groups in total. The number of nitrogens with one attached hydrogen (secondary N) is 1. The summed E-state index contributed by atoms with van der Waals surface area (Å²) in [5.74, 6) is 0.466.